The lowest BCUT2D eigenvalue weighted by Gasteiger charge is -2.31. The van der Waals surface area contributed by atoms with Gasteiger partial charge in [-0.3, -0.25) is 0 Å². The number of aryl methyl sites for hydroxylation is 2. The van der Waals surface area contributed by atoms with E-state index in [1.165, 1.54) is 26.6 Å². The van der Waals surface area contributed by atoms with E-state index < -0.39 is 8.15 Å². The fourth-order valence-electron chi connectivity index (χ4n) is 3.56. The van der Waals surface area contributed by atoms with Crippen molar-refractivity contribution in [1.29, 1.82) is 0 Å². The first kappa shape index (κ1) is 22.1. The predicted octanol–water partition coefficient (Wildman–Crippen LogP) is 6.87. The Morgan fingerprint density at radius 1 is 0.724 bits per heavy atom. The van der Waals surface area contributed by atoms with E-state index in [0.717, 1.165) is 0 Å². The van der Waals surface area contributed by atoms with Crippen LogP contribution >= 0.6 is 19.9 Å². The van der Waals surface area contributed by atoms with Crippen molar-refractivity contribution in [2.45, 2.75) is 50.9 Å². The highest BCUT2D eigenvalue weighted by Crippen LogP contribution is 2.41. The van der Waals surface area contributed by atoms with Crippen molar-refractivity contribution in [2.75, 3.05) is 0 Å². The van der Waals surface area contributed by atoms with E-state index >= 15 is 0 Å². The van der Waals surface area contributed by atoms with E-state index in [0.29, 0.717) is 11.2 Å². The van der Waals surface area contributed by atoms with Gasteiger partial charge in [-0.25, -0.2) is 0 Å². The summed E-state index contributed by atoms with van der Waals surface area (Å²) < 4.78 is 6.82. The van der Waals surface area contributed by atoms with Gasteiger partial charge in [-0.15, -0.1) is 11.8 Å². The molecule has 0 aliphatic carbocycles. The molecule has 3 rings (SSSR count). The molecule has 1 unspecified atom stereocenters. The molecule has 0 aliphatic rings. The number of rotatable bonds is 8. The second kappa shape index (κ2) is 10.4. The lowest BCUT2D eigenvalue weighted by Crippen LogP contribution is -2.29. The van der Waals surface area contributed by atoms with Crippen LogP contribution in [-0.4, -0.2) is 11.4 Å². The minimum absolute atomic E-state index is 0.132. The molecule has 0 amide bonds. The Balaban J connectivity index is 1.85. The van der Waals surface area contributed by atoms with Crippen LogP contribution in [0.25, 0.3) is 0 Å². The van der Waals surface area contributed by atoms with Crippen molar-refractivity contribution < 1.29 is 4.52 Å². The fourth-order valence-corrected chi connectivity index (χ4v) is 6.87. The van der Waals surface area contributed by atoms with Gasteiger partial charge in [0.25, 0.3) is 0 Å². The monoisotopic (exact) mass is 422 g/mol. The molecule has 0 saturated heterocycles. The second-order valence-corrected chi connectivity index (χ2v) is 11.0. The second-order valence-electron chi connectivity index (χ2n) is 7.93. The molecular formula is C26H31OPS. The molecule has 0 spiro atoms. The zero-order valence-electron chi connectivity index (χ0n) is 18.0. The molecule has 3 aromatic rings. The van der Waals surface area contributed by atoms with Gasteiger partial charge in [-0.2, -0.15) is 0 Å². The summed E-state index contributed by atoms with van der Waals surface area (Å²) in [5, 5.41) is 2.91. The highest BCUT2D eigenvalue weighted by molar-refractivity contribution is 8.00. The van der Waals surface area contributed by atoms with E-state index in [1.807, 2.05) is 11.8 Å². The lowest BCUT2D eigenvalue weighted by atomic mass is 10.1. The van der Waals surface area contributed by atoms with Gasteiger partial charge in [0.1, 0.15) is 0 Å². The molecule has 2 atom stereocenters. The molecule has 152 valence electrons. The normalized spacial score (nSPS) is 13.6. The summed E-state index contributed by atoms with van der Waals surface area (Å²) in [5.41, 5.74) is 2.64. The van der Waals surface area contributed by atoms with Crippen molar-refractivity contribution in [1.82, 2.24) is 0 Å². The van der Waals surface area contributed by atoms with Crippen LogP contribution in [0.2, 0.25) is 0 Å². The van der Waals surface area contributed by atoms with Gasteiger partial charge in [0.15, 0.2) is 0 Å². The minimum atomic E-state index is -0.848. The van der Waals surface area contributed by atoms with Gasteiger partial charge >= 0.3 is 0 Å². The van der Waals surface area contributed by atoms with E-state index in [1.54, 1.807) is 0 Å². The fraction of sp³-hybridized carbons (Fsp3) is 0.308. The third-order valence-electron chi connectivity index (χ3n) is 4.84. The maximum absolute atomic E-state index is 6.82. The van der Waals surface area contributed by atoms with Crippen LogP contribution in [0.5, 0.6) is 0 Å². The molecule has 0 bridgehead atoms. The summed E-state index contributed by atoms with van der Waals surface area (Å²) in [6, 6.07) is 28.1. The Morgan fingerprint density at radius 3 is 1.66 bits per heavy atom. The number of hydrogen-bond acceptors (Lipinski definition) is 2. The van der Waals surface area contributed by atoms with Crippen LogP contribution in [0.15, 0.2) is 83.8 Å². The molecule has 0 saturated carbocycles. The van der Waals surface area contributed by atoms with Gasteiger partial charge in [0.2, 0.25) is 0 Å². The van der Waals surface area contributed by atoms with Crippen molar-refractivity contribution >= 4 is 30.5 Å². The molecule has 0 aromatic heterocycles. The molecule has 1 nitrogen and oxygen atoms in total. The molecule has 3 heteroatoms. The summed E-state index contributed by atoms with van der Waals surface area (Å²) >= 11 is 1.95. The molecule has 0 N–H and O–H groups in total. The maximum Gasteiger partial charge on any atom is 0.0922 e. The molecule has 0 aliphatic heterocycles. The molecule has 29 heavy (non-hydrogen) atoms. The number of benzene rings is 3. The average molecular weight is 423 g/mol. The molecule has 0 radical (unpaired) electrons. The van der Waals surface area contributed by atoms with Gasteiger partial charge in [0.05, 0.1) is 14.3 Å². The van der Waals surface area contributed by atoms with E-state index in [9.17, 15) is 0 Å². The Kier molecular flexibility index (Phi) is 7.95. The van der Waals surface area contributed by atoms with Crippen molar-refractivity contribution in [3.8, 4) is 0 Å². The maximum atomic E-state index is 6.82. The topological polar surface area (TPSA) is 9.23 Å². The quantitative estimate of drug-likeness (QED) is 0.289. The van der Waals surface area contributed by atoms with Crippen LogP contribution in [0.3, 0.4) is 0 Å². The first-order chi connectivity index (χ1) is 13.9. The first-order valence-corrected chi connectivity index (χ1v) is 12.4. The highest BCUT2D eigenvalue weighted by Gasteiger charge is 2.27. The minimum Gasteiger partial charge on any atom is -0.346 e. The highest BCUT2D eigenvalue weighted by atomic mass is 32.2. The van der Waals surface area contributed by atoms with Gasteiger partial charge in [-0.05, 0) is 49.9 Å². The van der Waals surface area contributed by atoms with Crippen LogP contribution < -0.4 is 10.6 Å². The van der Waals surface area contributed by atoms with Crippen molar-refractivity contribution in [2.24, 2.45) is 5.92 Å². The smallest absolute Gasteiger partial charge is 0.0922 e. The van der Waals surface area contributed by atoms with E-state index in [2.05, 4.69) is 113 Å². The Hall–Kier alpha value is -1.60. The van der Waals surface area contributed by atoms with Crippen LogP contribution in [0, 0.1) is 19.8 Å². The molecule has 3 aromatic carbocycles. The lowest BCUT2D eigenvalue weighted by molar-refractivity contribution is 0.228. The van der Waals surface area contributed by atoms with Gasteiger partial charge in [0, 0.05) is 20.8 Å². The third-order valence-corrected chi connectivity index (χ3v) is 8.63. The summed E-state index contributed by atoms with van der Waals surface area (Å²) in [6.45, 7) is 11.2. The predicted molar refractivity (Wildman–Crippen MR) is 130 cm³/mol. The SMILES string of the molecule is Cc1cc(C)cc(SC(C(C)C)[C@@H](C)OP(c2ccccc2)c2ccccc2)c1. The summed E-state index contributed by atoms with van der Waals surface area (Å²) in [5.74, 6) is 0.513. The van der Waals surface area contributed by atoms with Crippen molar-refractivity contribution in [3.05, 3.63) is 90.0 Å². The van der Waals surface area contributed by atoms with Crippen LogP contribution in [0.4, 0.5) is 0 Å². The molecule has 0 heterocycles. The summed E-state index contributed by atoms with van der Waals surface area (Å²) in [4.78, 5) is 1.33. The Bertz CT molecular complexity index is 835. The zero-order valence-corrected chi connectivity index (χ0v) is 19.7. The van der Waals surface area contributed by atoms with Crippen LogP contribution in [0.1, 0.15) is 31.9 Å². The van der Waals surface area contributed by atoms with E-state index in [-0.39, 0.29) is 6.10 Å². The average Bonchev–Trinajstić information content (AvgIpc) is 2.70. The summed E-state index contributed by atoms with van der Waals surface area (Å²) in [7, 11) is -0.848. The van der Waals surface area contributed by atoms with Crippen LogP contribution in [-0.2, 0) is 4.52 Å². The Labute approximate surface area is 181 Å². The Morgan fingerprint density at radius 2 is 1.21 bits per heavy atom. The standard InChI is InChI=1S/C26H31OPS/c1-19(2)26(29-25-17-20(3)16-21(4)18-25)22(5)27-28(23-12-8-6-9-13-23)24-14-10-7-11-15-24/h6-19,22,26H,1-5H3/t22-,26?/m1/s1. The summed E-state index contributed by atoms with van der Waals surface area (Å²) in [6.07, 6.45) is 0.132. The van der Waals surface area contributed by atoms with Crippen molar-refractivity contribution in [3.63, 3.8) is 0 Å². The van der Waals surface area contributed by atoms with Gasteiger partial charge in [-0.1, -0.05) is 80.6 Å². The van der Waals surface area contributed by atoms with E-state index in [4.69, 9.17) is 4.52 Å². The zero-order chi connectivity index (χ0) is 20.8. The number of hydrogen-bond donors (Lipinski definition) is 0. The van der Waals surface area contributed by atoms with Gasteiger partial charge < -0.3 is 4.52 Å². The molecule has 0 fully saturated rings. The number of thioether (sulfide) groups is 1. The third kappa shape index (κ3) is 6.19. The molecular weight excluding hydrogens is 391 g/mol. The first-order valence-electron chi connectivity index (χ1n) is 10.3. The largest absolute Gasteiger partial charge is 0.346 e.